The Hall–Kier alpha value is -1.09. The summed E-state index contributed by atoms with van der Waals surface area (Å²) in [4.78, 5) is 0. The zero-order chi connectivity index (χ0) is 10.9. The van der Waals surface area contributed by atoms with Gasteiger partial charge in [-0.2, -0.15) is 0 Å². The smallest absolute Gasteiger partial charge is 0.123 e. The molecule has 0 amide bonds. The van der Waals surface area contributed by atoms with Crippen LogP contribution in [-0.2, 0) is 11.2 Å². The second kappa shape index (κ2) is 3.81. The quantitative estimate of drug-likeness (QED) is 0.762. The largest absolute Gasteiger partial charge is 0.496 e. The molecule has 0 radical (unpaired) electrons. The fraction of sp³-hybridized carbons (Fsp3) is 0.500. The minimum Gasteiger partial charge on any atom is -0.496 e. The van der Waals surface area contributed by atoms with Crippen LogP contribution in [0.4, 0.5) is 4.39 Å². The van der Waals surface area contributed by atoms with Gasteiger partial charge in [0.1, 0.15) is 11.6 Å². The van der Waals surface area contributed by atoms with E-state index in [9.17, 15) is 4.39 Å². The molecule has 1 aliphatic rings. The number of methoxy groups -OCH3 is 1. The van der Waals surface area contributed by atoms with Gasteiger partial charge in [-0.05, 0) is 30.2 Å². The predicted molar refractivity (Wildman–Crippen MR) is 55.6 cm³/mol. The van der Waals surface area contributed by atoms with Gasteiger partial charge >= 0.3 is 0 Å². The molecule has 1 saturated heterocycles. The van der Waals surface area contributed by atoms with Crippen molar-refractivity contribution in [2.75, 3.05) is 20.3 Å². The maximum atomic E-state index is 13.1. The molecule has 0 atom stereocenters. The van der Waals surface area contributed by atoms with E-state index in [1.54, 1.807) is 19.2 Å². The first-order valence-corrected chi connectivity index (χ1v) is 5.03. The Kier molecular flexibility index (Phi) is 2.65. The number of rotatable bonds is 3. The summed E-state index contributed by atoms with van der Waals surface area (Å²) in [6.07, 6.45) is 0.800. The van der Waals surface area contributed by atoms with Gasteiger partial charge in [0.15, 0.2) is 0 Å². The van der Waals surface area contributed by atoms with E-state index in [2.05, 4.69) is 6.92 Å². The van der Waals surface area contributed by atoms with Crippen LogP contribution < -0.4 is 4.74 Å². The summed E-state index contributed by atoms with van der Waals surface area (Å²) in [6.45, 7) is 3.63. The Bertz CT molecular complexity index is 359. The highest BCUT2D eigenvalue weighted by molar-refractivity contribution is 5.35. The Morgan fingerprint density at radius 3 is 2.73 bits per heavy atom. The number of benzene rings is 1. The number of halogens is 1. The van der Waals surface area contributed by atoms with Gasteiger partial charge in [-0.1, -0.05) is 6.92 Å². The summed E-state index contributed by atoms with van der Waals surface area (Å²) >= 11 is 0. The molecule has 1 fully saturated rings. The topological polar surface area (TPSA) is 18.5 Å². The Morgan fingerprint density at radius 2 is 2.20 bits per heavy atom. The van der Waals surface area contributed by atoms with Crippen LogP contribution in [0.2, 0.25) is 0 Å². The lowest BCUT2D eigenvalue weighted by Gasteiger charge is -2.38. The highest BCUT2D eigenvalue weighted by Gasteiger charge is 2.34. The van der Waals surface area contributed by atoms with Crippen LogP contribution in [0.3, 0.4) is 0 Å². The molecule has 0 aromatic heterocycles. The van der Waals surface area contributed by atoms with Crippen molar-refractivity contribution in [1.82, 2.24) is 0 Å². The van der Waals surface area contributed by atoms with Crippen molar-refractivity contribution in [2.45, 2.75) is 13.3 Å². The summed E-state index contributed by atoms with van der Waals surface area (Å²) in [5.74, 6) is 0.541. The second-order valence-electron chi connectivity index (χ2n) is 4.44. The van der Waals surface area contributed by atoms with Crippen molar-refractivity contribution in [3.8, 4) is 5.75 Å². The molecule has 0 aliphatic carbocycles. The first kappa shape index (κ1) is 10.4. The maximum Gasteiger partial charge on any atom is 0.123 e. The van der Waals surface area contributed by atoms with E-state index in [1.165, 1.54) is 6.07 Å². The number of ether oxygens (including phenoxy) is 2. The van der Waals surface area contributed by atoms with Crippen LogP contribution in [0.5, 0.6) is 5.75 Å². The molecule has 1 aliphatic heterocycles. The number of hydrogen-bond donors (Lipinski definition) is 0. The van der Waals surface area contributed by atoms with E-state index in [4.69, 9.17) is 9.47 Å². The van der Waals surface area contributed by atoms with Crippen LogP contribution in [0.1, 0.15) is 12.5 Å². The minimum absolute atomic E-state index is 0.140. The average Bonchev–Trinajstić information content (AvgIpc) is 2.16. The fourth-order valence-electron chi connectivity index (χ4n) is 1.90. The third-order valence-corrected chi connectivity index (χ3v) is 2.76. The van der Waals surface area contributed by atoms with Gasteiger partial charge in [0, 0.05) is 5.41 Å². The van der Waals surface area contributed by atoms with Gasteiger partial charge in [0.05, 0.1) is 20.3 Å². The molecule has 3 heteroatoms. The highest BCUT2D eigenvalue weighted by atomic mass is 19.1. The monoisotopic (exact) mass is 210 g/mol. The van der Waals surface area contributed by atoms with E-state index in [0.29, 0.717) is 0 Å². The molecule has 0 bridgehead atoms. The van der Waals surface area contributed by atoms with E-state index in [-0.39, 0.29) is 11.2 Å². The molecule has 2 rings (SSSR count). The second-order valence-corrected chi connectivity index (χ2v) is 4.44. The van der Waals surface area contributed by atoms with Gasteiger partial charge in [-0.3, -0.25) is 0 Å². The number of hydrogen-bond acceptors (Lipinski definition) is 2. The summed E-state index contributed by atoms with van der Waals surface area (Å²) in [6, 6.07) is 4.64. The molecule has 0 spiro atoms. The summed E-state index contributed by atoms with van der Waals surface area (Å²) in [7, 11) is 1.61. The van der Waals surface area contributed by atoms with Gasteiger partial charge in [0.2, 0.25) is 0 Å². The molecule has 0 saturated carbocycles. The average molecular weight is 210 g/mol. The molecule has 1 aromatic carbocycles. The molecule has 0 unspecified atom stereocenters. The van der Waals surface area contributed by atoms with Crippen molar-refractivity contribution >= 4 is 0 Å². The van der Waals surface area contributed by atoms with Crippen molar-refractivity contribution in [1.29, 1.82) is 0 Å². The summed E-state index contributed by atoms with van der Waals surface area (Å²) in [5, 5.41) is 0. The van der Waals surface area contributed by atoms with Crippen LogP contribution in [0.15, 0.2) is 18.2 Å². The van der Waals surface area contributed by atoms with Crippen molar-refractivity contribution < 1.29 is 13.9 Å². The first-order valence-electron chi connectivity index (χ1n) is 5.03. The lowest BCUT2D eigenvalue weighted by Crippen LogP contribution is -2.41. The molecule has 82 valence electrons. The first-order chi connectivity index (χ1) is 7.13. The Balaban J connectivity index is 2.21. The Labute approximate surface area is 89.0 Å². The molecular weight excluding hydrogens is 195 g/mol. The van der Waals surface area contributed by atoms with Gasteiger partial charge < -0.3 is 9.47 Å². The van der Waals surface area contributed by atoms with E-state index < -0.39 is 0 Å². The lowest BCUT2D eigenvalue weighted by molar-refractivity contribution is -0.101. The predicted octanol–water partition coefficient (Wildman–Crippen LogP) is 2.41. The minimum atomic E-state index is -0.213. The van der Waals surface area contributed by atoms with Crippen LogP contribution in [-0.4, -0.2) is 20.3 Å². The molecule has 0 N–H and O–H groups in total. The normalized spacial score (nSPS) is 18.3. The maximum absolute atomic E-state index is 13.1. The van der Waals surface area contributed by atoms with Crippen molar-refractivity contribution in [2.24, 2.45) is 5.41 Å². The van der Waals surface area contributed by atoms with Crippen molar-refractivity contribution in [3.63, 3.8) is 0 Å². The van der Waals surface area contributed by atoms with Gasteiger partial charge in [-0.15, -0.1) is 0 Å². The zero-order valence-corrected chi connectivity index (χ0v) is 9.05. The third kappa shape index (κ3) is 2.12. The van der Waals surface area contributed by atoms with Gasteiger partial charge in [-0.25, -0.2) is 4.39 Å². The molecular formula is C12H15FO2. The standard InChI is InChI=1S/C12H15FO2/c1-12(7-15-8-12)6-9-5-10(13)3-4-11(9)14-2/h3-5H,6-8H2,1-2H3. The molecule has 15 heavy (non-hydrogen) atoms. The van der Waals surface area contributed by atoms with Crippen LogP contribution in [0.25, 0.3) is 0 Å². The SMILES string of the molecule is COc1ccc(F)cc1CC1(C)COC1. The lowest BCUT2D eigenvalue weighted by atomic mass is 9.82. The van der Waals surface area contributed by atoms with Gasteiger partial charge in [0.25, 0.3) is 0 Å². The van der Waals surface area contributed by atoms with E-state index in [0.717, 1.165) is 30.9 Å². The van der Waals surface area contributed by atoms with Crippen LogP contribution >= 0.6 is 0 Å². The molecule has 1 heterocycles. The van der Waals surface area contributed by atoms with E-state index in [1.807, 2.05) is 0 Å². The Morgan fingerprint density at radius 1 is 1.47 bits per heavy atom. The third-order valence-electron chi connectivity index (χ3n) is 2.76. The molecule has 1 aromatic rings. The summed E-state index contributed by atoms with van der Waals surface area (Å²) in [5.41, 5.74) is 1.06. The highest BCUT2D eigenvalue weighted by Crippen LogP contribution is 2.34. The molecule has 2 nitrogen and oxygen atoms in total. The fourth-order valence-corrected chi connectivity index (χ4v) is 1.90. The zero-order valence-electron chi connectivity index (χ0n) is 9.05. The van der Waals surface area contributed by atoms with E-state index >= 15 is 0 Å². The van der Waals surface area contributed by atoms with Crippen molar-refractivity contribution in [3.05, 3.63) is 29.6 Å². The summed E-state index contributed by atoms with van der Waals surface area (Å²) < 4.78 is 23.5. The van der Waals surface area contributed by atoms with Crippen LogP contribution in [0, 0.1) is 11.2 Å².